The number of H-pyrrole nitrogens is 1. The number of rotatable bonds is 2. The molecule has 5 heteroatoms. The van der Waals surface area contributed by atoms with Crippen LogP contribution in [0.15, 0.2) is 33.6 Å². The predicted octanol–water partition coefficient (Wildman–Crippen LogP) is 0.489. The summed E-state index contributed by atoms with van der Waals surface area (Å²) < 4.78 is 4.40. The van der Waals surface area contributed by atoms with E-state index in [2.05, 4.69) is 14.7 Å². The maximum absolute atomic E-state index is 10.7. The first-order valence-corrected chi connectivity index (χ1v) is 4.15. The second kappa shape index (κ2) is 3.47. The summed E-state index contributed by atoms with van der Waals surface area (Å²) in [5.41, 5.74) is 7.25. The van der Waals surface area contributed by atoms with Gasteiger partial charge < -0.3 is 5.73 Å². The van der Waals surface area contributed by atoms with E-state index >= 15 is 0 Å². The van der Waals surface area contributed by atoms with Crippen molar-refractivity contribution in [1.29, 1.82) is 0 Å². The molecule has 1 heterocycles. The summed E-state index contributed by atoms with van der Waals surface area (Å²) in [7, 11) is 0. The van der Waals surface area contributed by atoms with E-state index in [4.69, 9.17) is 5.73 Å². The van der Waals surface area contributed by atoms with Crippen molar-refractivity contribution in [2.24, 2.45) is 5.73 Å². The molecule has 0 atom stereocenters. The van der Waals surface area contributed by atoms with Gasteiger partial charge in [-0.15, -0.1) is 0 Å². The molecule has 0 aliphatic carbocycles. The van der Waals surface area contributed by atoms with E-state index in [1.54, 1.807) is 0 Å². The Kier molecular flexibility index (Phi) is 2.16. The van der Waals surface area contributed by atoms with Gasteiger partial charge in [0.05, 0.1) is 0 Å². The van der Waals surface area contributed by atoms with Crippen LogP contribution in [-0.2, 0) is 6.54 Å². The molecule has 0 unspecified atom stereocenters. The van der Waals surface area contributed by atoms with Crippen LogP contribution in [0.25, 0.3) is 11.4 Å². The number of nitrogens with zero attached hydrogens (tertiary/aromatic N) is 1. The quantitative estimate of drug-likeness (QED) is 0.723. The minimum atomic E-state index is -0.557. The first-order chi connectivity index (χ1) is 6.79. The number of aromatic nitrogens is 2. The average molecular weight is 191 g/mol. The largest absolute Gasteiger partial charge is 0.439 e. The summed E-state index contributed by atoms with van der Waals surface area (Å²) in [5.74, 6) is -0.136. The van der Waals surface area contributed by atoms with Crippen LogP contribution in [-0.4, -0.2) is 10.1 Å². The normalized spacial score (nSPS) is 10.4. The van der Waals surface area contributed by atoms with Gasteiger partial charge in [-0.25, -0.2) is 4.79 Å². The van der Waals surface area contributed by atoms with E-state index in [1.807, 2.05) is 24.3 Å². The van der Waals surface area contributed by atoms with Crippen LogP contribution < -0.4 is 11.5 Å². The van der Waals surface area contributed by atoms with Crippen LogP contribution in [0.1, 0.15) is 5.56 Å². The molecule has 0 amide bonds. The zero-order valence-corrected chi connectivity index (χ0v) is 7.36. The molecule has 0 saturated heterocycles. The highest BCUT2D eigenvalue weighted by Gasteiger charge is 2.03. The van der Waals surface area contributed by atoms with Crippen LogP contribution in [0, 0.1) is 0 Å². The molecule has 2 aromatic rings. The van der Waals surface area contributed by atoms with E-state index < -0.39 is 5.76 Å². The highest BCUT2D eigenvalue weighted by molar-refractivity contribution is 5.54. The van der Waals surface area contributed by atoms with Gasteiger partial charge in [-0.2, -0.15) is 0 Å². The van der Waals surface area contributed by atoms with Gasteiger partial charge in [0.2, 0.25) is 0 Å². The summed E-state index contributed by atoms with van der Waals surface area (Å²) in [4.78, 5) is 13.2. The Morgan fingerprint density at radius 2 is 2.36 bits per heavy atom. The summed E-state index contributed by atoms with van der Waals surface area (Å²) >= 11 is 0. The molecular weight excluding hydrogens is 182 g/mol. The standard InChI is InChI=1S/C9H9N3O2/c10-5-6-2-1-3-7(4-6)8-11-9(13)14-12-8/h1-4H,5,10H2,(H,11,12,13). The SMILES string of the molecule is NCc1cccc(-c2noc(=O)[nH]2)c1. The van der Waals surface area contributed by atoms with Crippen molar-refractivity contribution < 1.29 is 4.52 Å². The van der Waals surface area contributed by atoms with Crippen molar-refractivity contribution in [3.63, 3.8) is 0 Å². The zero-order valence-electron chi connectivity index (χ0n) is 7.36. The van der Waals surface area contributed by atoms with Crippen molar-refractivity contribution in [3.05, 3.63) is 40.4 Å². The van der Waals surface area contributed by atoms with Crippen molar-refractivity contribution in [1.82, 2.24) is 10.1 Å². The van der Waals surface area contributed by atoms with Crippen molar-refractivity contribution in [2.45, 2.75) is 6.54 Å². The van der Waals surface area contributed by atoms with Gasteiger partial charge in [-0.05, 0) is 11.6 Å². The molecule has 1 aromatic carbocycles. The number of aromatic amines is 1. The molecule has 1 aromatic heterocycles. The molecule has 0 fully saturated rings. The van der Waals surface area contributed by atoms with Gasteiger partial charge in [0, 0.05) is 12.1 Å². The van der Waals surface area contributed by atoms with Crippen LogP contribution in [0.5, 0.6) is 0 Å². The fourth-order valence-electron chi connectivity index (χ4n) is 1.20. The van der Waals surface area contributed by atoms with Crippen LogP contribution in [0.2, 0.25) is 0 Å². The molecule has 0 aliphatic rings. The Bertz CT molecular complexity index is 487. The third kappa shape index (κ3) is 1.57. The van der Waals surface area contributed by atoms with Gasteiger partial charge >= 0.3 is 5.76 Å². The summed E-state index contributed by atoms with van der Waals surface area (Å²) in [6.45, 7) is 0.454. The van der Waals surface area contributed by atoms with Gasteiger partial charge in [0.1, 0.15) is 0 Å². The number of nitrogens with one attached hydrogen (secondary N) is 1. The van der Waals surface area contributed by atoms with E-state index in [-0.39, 0.29) is 0 Å². The average Bonchev–Trinajstić information content (AvgIpc) is 2.65. The molecule has 72 valence electrons. The molecule has 0 spiro atoms. The molecule has 14 heavy (non-hydrogen) atoms. The first kappa shape index (κ1) is 8.71. The molecule has 2 rings (SSSR count). The fraction of sp³-hybridized carbons (Fsp3) is 0.111. The Morgan fingerprint density at radius 3 is 3.00 bits per heavy atom. The monoisotopic (exact) mass is 191 g/mol. The number of nitrogens with two attached hydrogens (primary N) is 1. The molecule has 5 nitrogen and oxygen atoms in total. The Hall–Kier alpha value is -1.88. The molecule has 3 N–H and O–H groups in total. The van der Waals surface area contributed by atoms with Gasteiger partial charge in [-0.3, -0.25) is 9.51 Å². The van der Waals surface area contributed by atoms with Crippen molar-refractivity contribution >= 4 is 0 Å². The first-order valence-electron chi connectivity index (χ1n) is 4.15. The number of hydrogen-bond donors (Lipinski definition) is 2. The lowest BCUT2D eigenvalue weighted by molar-refractivity contribution is 0.388. The van der Waals surface area contributed by atoms with Crippen LogP contribution in [0.4, 0.5) is 0 Å². The topological polar surface area (TPSA) is 84.9 Å². The van der Waals surface area contributed by atoms with Crippen molar-refractivity contribution in [2.75, 3.05) is 0 Å². The Balaban J connectivity index is 2.46. The van der Waals surface area contributed by atoms with E-state index in [0.29, 0.717) is 12.4 Å². The second-order valence-corrected chi connectivity index (χ2v) is 2.85. The lowest BCUT2D eigenvalue weighted by Gasteiger charge is -1.98. The smallest absolute Gasteiger partial charge is 0.326 e. The summed E-state index contributed by atoms with van der Waals surface area (Å²) in [6.07, 6.45) is 0. The number of benzene rings is 1. The molecule has 0 aliphatic heterocycles. The van der Waals surface area contributed by atoms with E-state index in [9.17, 15) is 4.79 Å². The fourth-order valence-corrected chi connectivity index (χ4v) is 1.20. The molecule has 0 saturated carbocycles. The van der Waals surface area contributed by atoms with Gasteiger partial charge in [0.15, 0.2) is 5.82 Å². The number of hydrogen-bond acceptors (Lipinski definition) is 4. The van der Waals surface area contributed by atoms with Crippen molar-refractivity contribution in [3.8, 4) is 11.4 Å². The van der Waals surface area contributed by atoms with Gasteiger partial charge in [-0.1, -0.05) is 23.4 Å². The zero-order chi connectivity index (χ0) is 9.97. The third-order valence-corrected chi connectivity index (χ3v) is 1.88. The molecule has 0 radical (unpaired) electrons. The van der Waals surface area contributed by atoms with Crippen LogP contribution >= 0.6 is 0 Å². The maximum atomic E-state index is 10.7. The lowest BCUT2D eigenvalue weighted by atomic mass is 10.1. The van der Waals surface area contributed by atoms with E-state index in [1.165, 1.54) is 0 Å². The Morgan fingerprint density at radius 1 is 1.50 bits per heavy atom. The highest BCUT2D eigenvalue weighted by atomic mass is 16.5. The molecule has 0 bridgehead atoms. The Labute approximate surface area is 79.5 Å². The third-order valence-electron chi connectivity index (χ3n) is 1.88. The highest BCUT2D eigenvalue weighted by Crippen LogP contribution is 2.14. The maximum Gasteiger partial charge on any atom is 0.439 e. The minimum Gasteiger partial charge on any atom is -0.326 e. The van der Waals surface area contributed by atoms with Gasteiger partial charge in [0.25, 0.3) is 0 Å². The lowest BCUT2D eigenvalue weighted by Crippen LogP contribution is -1.97. The minimum absolute atomic E-state index is 0.422. The molecular formula is C9H9N3O2. The van der Waals surface area contributed by atoms with E-state index in [0.717, 1.165) is 11.1 Å². The second-order valence-electron chi connectivity index (χ2n) is 2.85. The summed E-state index contributed by atoms with van der Waals surface area (Å²) in [6, 6.07) is 7.44. The summed E-state index contributed by atoms with van der Waals surface area (Å²) in [5, 5.41) is 3.58. The predicted molar refractivity (Wildman–Crippen MR) is 50.5 cm³/mol. The van der Waals surface area contributed by atoms with Crippen LogP contribution in [0.3, 0.4) is 0 Å².